The molecule has 1 aliphatic rings. The Bertz CT molecular complexity index is 759. The molecule has 2 unspecified atom stereocenters. The second kappa shape index (κ2) is 8.36. The monoisotopic (exact) mass is 372 g/mol. The van der Waals surface area contributed by atoms with E-state index in [1.165, 1.54) is 5.56 Å². The Labute approximate surface area is 157 Å². The smallest absolute Gasteiger partial charge is 0.317 e. The summed E-state index contributed by atoms with van der Waals surface area (Å²) < 4.78 is 0. The molecule has 2 N–H and O–H groups in total. The molecular formula is C20H24N2O3S. The van der Waals surface area contributed by atoms with Crippen LogP contribution in [-0.4, -0.2) is 35.1 Å². The van der Waals surface area contributed by atoms with E-state index in [0.29, 0.717) is 19.4 Å². The van der Waals surface area contributed by atoms with Gasteiger partial charge in [-0.2, -0.15) is 0 Å². The van der Waals surface area contributed by atoms with Gasteiger partial charge in [0, 0.05) is 18.0 Å². The molecule has 1 aromatic heterocycles. The van der Waals surface area contributed by atoms with Crippen molar-refractivity contribution in [2.45, 2.75) is 32.2 Å². The van der Waals surface area contributed by atoms with E-state index in [0.717, 1.165) is 16.9 Å². The molecular weight excluding hydrogens is 348 g/mol. The average molecular weight is 372 g/mol. The quantitative estimate of drug-likeness (QED) is 0.838. The van der Waals surface area contributed by atoms with E-state index in [1.807, 2.05) is 23.6 Å². The van der Waals surface area contributed by atoms with Crippen LogP contribution in [-0.2, 0) is 11.2 Å². The number of hydrogen-bond acceptors (Lipinski definition) is 3. The molecule has 2 amide bonds. The maximum absolute atomic E-state index is 12.8. The van der Waals surface area contributed by atoms with Gasteiger partial charge in [-0.3, -0.25) is 4.79 Å². The predicted molar refractivity (Wildman–Crippen MR) is 102 cm³/mol. The van der Waals surface area contributed by atoms with E-state index in [4.69, 9.17) is 0 Å². The van der Waals surface area contributed by atoms with Gasteiger partial charge in [0.05, 0.1) is 12.0 Å². The first-order valence-electron chi connectivity index (χ1n) is 8.90. The molecule has 6 heteroatoms. The number of nitrogens with one attached hydrogen (secondary N) is 1. The number of thiophene rings is 1. The summed E-state index contributed by atoms with van der Waals surface area (Å²) in [4.78, 5) is 26.8. The molecule has 3 rings (SSSR count). The summed E-state index contributed by atoms with van der Waals surface area (Å²) in [5.41, 5.74) is 2.32. The summed E-state index contributed by atoms with van der Waals surface area (Å²) in [5, 5.41) is 14.4. The van der Waals surface area contributed by atoms with Crippen molar-refractivity contribution in [2.75, 3.05) is 13.1 Å². The Hall–Kier alpha value is -2.34. The molecule has 2 heterocycles. The van der Waals surface area contributed by atoms with Crippen LogP contribution in [0.5, 0.6) is 0 Å². The summed E-state index contributed by atoms with van der Waals surface area (Å²) in [6, 6.07) is 11.9. The first-order chi connectivity index (χ1) is 12.5. The molecule has 26 heavy (non-hydrogen) atoms. The number of likely N-dealkylation sites (tertiary alicyclic amines) is 1. The van der Waals surface area contributed by atoms with Crippen molar-refractivity contribution in [3.63, 3.8) is 0 Å². The number of piperidine rings is 1. The van der Waals surface area contributed by atoms with Crippen molar-refractivity contribution >= 4 is 23.3 Å². The fraction of sp³-hybridized carbons (Fsp3) is 0.400. The number of amides is 2. The number of nitrogens with zero attached hydrogens (tertiary/aromatic N) is 1. The standard InChI is InChI=1S/C20H24N2O3S/c1-14-9-11-26-18(14)17(12-15-6-3-2-4-7-15)21-20(25)22-10-5-8-16(13-22)19(23)24/h2-4,6-7,9,11,16-17H,5,8,10,12-13H2,1H3,(H,21,25)(H,23,24). The van der Waals surface area contributed by atoms with E-state index < -0.39 is 11.9 Å². The van der Waals surface area contributed by atoms with Crippen LogP contribution in [0.1, 0.15) is 34.9 Å². The molecule has 0 bridgehead atoms. The SMILES string of the molecule is Cc1ccsc1C(Cc1ccccc1)NC(=O)N1CCCC(C(=O)O)C1. The number of carbonyl (C=O) groups is 2. The van der Waals surface area contributed by atoms with Gasteiger partial charge in [-0.15, -0.1) is 11.3 Å². The van der Waals surface area contributed by atoms with Crippen molar-refractivity contribution in [1.29, 1.82) is 0 Å². The number of urea groups is 1. The van der Waals surface area contributed by atoms with Gasteiger partial charge in [-0.1, -0.05) is 30.3 Å². The van der Waals surface area contributed by atoms with E-state index in [2.05, 4.69) is 30.4 Å². The zero-order valence-corrected chi connectivity index (χ0v) is 15.7. The van der Waals surface area contributed by atoms with Gasteiger partial charge in [0.25, 0.3) is 0 Å². The summed E-state index contributed by atoms with van der Waals surface area (Å²) in [6.07, 6.45) is 2.08. The van der Waals surface area contributed by atoms with Gasteiger partial charge < -0.3 is 15.3 Å². The summed E-state index contributed by atoms with van der Waals surface area (Å²) >= 11 is 1.64. The van der Waals surface area contributed by atoms with Gasteiger partial charge in [-0.25, -0.2) is 4.79 Å². The number of carboxylic acid groups (broad SMARTS) is 1. The molecule has 1 aromatic carbocycles. The lowest BCUT2D eigenvalue weighted by molar-refractivity contribution is -0.143. The Kier molecular flexibility index (Phi) is 5.93. The Morgan fingerprint density at radius 1 is 1.31 bits per heavy atom. The summed E-state index contributed by atoms with van der Waals surface area (Å²) in [5.74, 6) is -1.29. The number of carbonyl (C=O) groups excluding carboxylic acids is 1. The second-order valence-corrected chi connectivity index (χ2v) is 7.73. The first-order valence-corrected chi connectivity index (χ1v) is 9.78. The number of rotatable bonds is 5. The highest BCUT2D eigenvalue weighted by atomic mass is 32.1. The van der Waals surface area contributed by atoms with Crippen LogP contribution in [0, 0.1) is 12.8 Å². The molecule has 0 radical (unpaired) electrons. The lowest BCUT2D eigenvalue weighted by atomic mass is 9.98. The van der Waals surface area contributed by atoms with E-state index in [-0.39, 0.29) is 18.6 Å². The highest BCUT2D eigenvalue weighted by Gasteiger charge is 2.29. The molecule has 2 aromatic rings. The van der Waals surface area contributed by atoms with Crippen LogP contribution >= 0.6 is 11.3 Å². The highest BCUT2D eigenvalue weighted by molar-refractivity contribution is 7.10. The largest absolute Gasteiger partial charge is 0.481 e. The molecule has 0 spiro atoms. The maximum atomic E-state index is 12.8. The van der Waals surface area contributed by atoms with Crippen molar-refractivity contribution < 1.29 is 14.7 Å². The molecule has 1 aliphatic heterocycles. The van der Waals surface area contributed by atoms with Gasteiger partial charge in [0.2, 0.25) is 0 Å². The summed E-state index contributed by atoms with van der Waals surface area (Å²) in [6.45, 7) is 2.94. The highest BCUT2D eigenvalue weighted by Crippen LogP contribution is 2.27. The molecule has 0 aliphatic carbocycles. The van der Waals surface area contributed by atoms with Crippen molar-refractivity contribution in [3.8, 4) is 0 Å². The first kappa shape index (κ1) is 18.5. The number of hydrogen-bond donors (Lipinski definition) is 2. The van der Waals surface area contributed by atoms with Crippen molar-refractivity contribution in [1.82, 2.24) is 10.2 Å². The zero-order chi connectivity index (χ0) is 18.5. The Balaban J connectivity index is 1.74. The van der Waals surface area contributed by atoms with Crippen LogP contribution in [0.15, 0.2) is 41.8 Å². The van der Waals surface area contributed by atoms with Crippen molar-refractivity contribution in [3.05, 3.63) is 57.8 Å². The number of aliphatic carboxylic acids is 1. The third-order valence-corrected chi connectivity index (χ3v) is 5.99. The third kappa shape index (κ3) is 4.43. The second-order valence-electron chi connectivity index (χ2n) is 6.78. The lowest BCUT2D eigenvalue weighted by Crippen LogP contribution is -2.48. The molecule has 1 fully saturated rings. The Morgan fingerprint density at radius 3 is 2.73 bits per heavy atom. The van der Waals surface area contributed by atoms with Gasteiger partial charge in [0.15, 0.2) is 0 Å². The normalized spacial score (nSPS) is 18.3. The fourth-order valence-corrected chi connectivity index (χ4v) is 4.38. The Morgan fingerprint density at radius 2 is 2.08 bits per heavy atom. The molecule has 138 valence electrons. The van der Waals surface area contributed by atoms with Gasteiger partial charge in [-0.05, 0) is 48.8 Å². The number of carboxylic acids is 1. The molecule has 1 saturated heterocycles. The van der Waals surface area contributed by atoms with E-state index >= 15 is 0 Å². The minimum atomic E-state index is -0.822. The number of aryl methyl sites for hydroxylation is 1. The van der Waals surface area contributed by atoms with E-state index in [1.54, 1.807) is 16.2 Å². The third-order valence-electron chi connectivity index (χ3n) is 4.86. The van der Waals surface area contributed by atoms with Crippen LogP contribution in [0.2, 0.25) is 0 Å². The van der Waals surface area contributed by atoms with Crippen molar-refractivity contribution in [2.24, 2.45) is 5.92 Å². The zero-order valence-electron chi connectivity index (χ0n) is 14.9. The van der Waals surface area contributed by atoms with Crippen LogP contribution in [0.25, 0.3) is 0 Å². The fourth-order valence-electron chi connectivity index (χ4n) is 3.40. The molecule has 0 saturated carbocycles. The van der Waals surface area contributed by atoms with E-state index in [9.17, 15) is 14.7 Å². The lowest BCUT2D eigenvalue weighted by Gasteiger charge is -2.32. The minimum absolute atomic E-state index is 0.116. The van der Waals surface area contributed by atoms with Crippen LogP contribution in [0.4, 0.5) is 4.79 Å². The maximum Gasteiger partial charge on any atom is 0.317 e. The predicted octanol–water partition coefficient (Wildman–Crippen LogP) is 3.85. The molecule has 5 nitrogen and oxygen atoms in total. The molecule has 2 atom stereocenters. The summed E-state index contributed by atoms with van der Waals surface area (Å²) in [7, 11) is 0. The minimum Gasteiger partial charge on any atom is -0.481 e. The van der Waals surface area contributed by atoms with Crippen LogP contribution < -0.4 is 5.32 Å². The topological polar surface area (TPSA) is 69.6 Å². The van der Waals surface area contributed by atoms with Gasteiger partial charge in [0.1, 0.15) is 0 Å². The van der Waals surface area contributed by atoms with Gasteiger partial charge >= 0.3 is 12.0 Å². The number of benzene rings is 1. The average Bonchev–Trinajstić information content (AvgIpc) is 3.08. The van der Waals surface area contributed by atoms with Crippen LogP contribution in [0.3, 0.4) is 0 Å².